The number of piperazine rings is 1. The minimum Gasteiger partial charge on any atom is -0.381 e. The average Bonchev–Trinajstić information content (AvgIpc) is 3.52. The second-order valence-electron chi connectivity index (χ2n) is 13.7. The molecule has 4 aliphatic rings. The third-order valence-electron chi connectivity index (χ3n) is 10.4. The number of halogens is 1. The van der Waals surface area contributed by atoms with Gasteiger partial charge < -0.3 is 14.5 Å². The van der Waals surface area contributed by atoms with Crippen molar-refractivity contribution in [2.75, 3.05) is 50.8 Å². The van der Waals surface area contributed by atoms with Crippen molar-refractivity contribution in [1.29, 1.82) is 0 Å². The van der Waals surface area contributed by atoms with Crippen LogP contribution in [0, 0.1) is 19.3 Å². The molecule has 9 nitrogen and oxygen atoms in total. The average molecular weight is 592 g/mol. The molecule has 0 atom stereocenters. The molecule has 7 rings (SSSR count). The third kappa shape index (κ3) is 4.38. The number of carbonyl (C=O) groups is 1. The number of hydrogen-bond acceptors (Lipinski definition) is 6. The van der Waals surface area contributed by atoms with E-state index in [1.807, 2.05) is 11.1 Å². The first-order valence-electron chi connectivity index (χ1n) is 15.3. The monoisotopic (exact) mass is 591 g/mol. The number of amides is 1. The maximum atomic E-state index is 12.1. The lowest BCUT2D eigenvalue weighted by Crippen LogP contribution is -2.63. The van der Waals surface area contributed by atoms with Crippen LogP contribution in [0.25, 0.3) is 22.0 Å². The van der Waals surface area contributed by atoms with Crippen molar-refractivity contribution in [2.45, 2.75) is 71.0 Å². The Morgan fingerprint density at radius 3 is 2.55 bits per heavy atom. The molecule has 3 saturated heterocycles. The Hall–Kier alpha value is -2.88. The van der Waals surface area contributed by atoms with E-state index >= 15 is 0 Å². The predicted molar refractivity (Wildman–Crippen MR) is 166 cm³/mol. The molecule has 1 saturated carbocycles. The molecular formula is C32H42ClN7O2. The van der Waals surface area contributed by atoms with E-state index in [0.29, 0.717) is 12.1 Å². The number of carbonyl (C=O) groups excluding carboxylic acids is 1. The van der Waals surface area contributed by atoms with Gasteiger partial charge in [0.05, 0.1) is 22.8 Å². The fourth-order valence-corrected chi connectivity index (χ4v) is 8.40. The van der Waals surface area contributed by atoms with Gasteiger partial charge >= 0.3 is 0 Å². The summed E-state index contributed by atoms with van der Waals surface area (Å²) in [5.41, 5.74) is 5.36. The van der Waals surface area contributed by atoms with Crippen molar-refractivity contribution < 1.29 is 9.53 Å². The van der Waals surface area contributed by atoms with Crippen molar-refractivity contribution in [3.63, 3.8) is 0 Å². The van der Waals surface area contributed by atoms with Gasteiger partial charge in [0.15, 0.2) is 5.82 Å². The lowest BCUT2D eigenvalue weighted by molar-refractivity contribution is -0.149. The van der Waals surface area contributed by atoms with Crippen molar-refractivity contribution in [1.82, 2.24) is 29.8 Å². The smallest absolute Gasteiger partial charge is 0.245 e. The summed E-state index contributed by atoms with van der Waals surface area (Å²) in [4.78, 5) is 19.2. The zero-order chi connectivity index (χ0) is 29.4. The number of aromatic nitrogens is 4. The van der Waals surface area contributed by atoms with Crippen LogP contribution < -0.4 is 4.90 Å². The van der Waals surface area contributed by atoms with E-state index in [0.717, 1.165) is 116 Å². The number of nitrogens with one attached hydrogen (secondary N) is 1. The Morgan fingerprint density at radius 2 is 1.86 bits per heavy atom. The zero-order valence-corrected chi connectivity index (χ0v) is 26.0. The first-order chi connectivity index (χ1) is 20.1. The molecule has 4 fully saturated rings. The molecule has 224 valence electrons. The quantitative estimate of drug-likeness (QED) is 0.415. The number of H-pyrrole nitrogens is 1. The highest BCUT2D eigenvalue weighted by atomic mass is 35.5. The number of fused-ring (bicyclic) bond motifs is 1. The Balaban J connectivity index is 1.26. The van der Waals surface area contributed by atoms with Crippen LogP contribution in [0.15, 0.2) is 24.9 Å². The Kier molecular flexibility index (Phi) is 6.71. The molecule has 2 aromatic heterocycles. The fraction of sp³-hybridized carbons (Fsp3) is 0.594. The van der Waals surface area contributed by atoms with Crippen LogP contribution in [0.4, 0.5) is 5.82 Å². The Labute approximate surface area is 252 Å². The maximum Gasteiger partial charge on any atom is 0.245 e. The Bertz CT molecular complexity index is 1540. The van der Waals surface area contributed by atoms with E-state index in [-0.39, 0.29) is 16.9 Å². The standard InChI is InChI=1S/C32H42ClN7O2/c1-6-26(41)38-18-32(19-38)14-23(15-32)40-21(3)27(28-24-16-34-35-25(24)13-20(2)29(28)33)30(36-40)39-10-9-37(17-31(39,4)5)22-7-11-42-12-8-22/h6,13,16,22-23H,1,7-12,14-15,17-19H2,2-5H3,(H,34,35). The highest BCUT2D eigenvalue weighted by Crippen LogP contribution is 2.55. The molecule has 0 bridgehead atoms. The topological polar surface area (TPSA) is 82.5 Å². The van der Waals surface area contributed by atoms with Gasteiger partial charge in [-0.25, -0.2) is 0 Å². The second kappa shape index (κ2) is 10.1. The van der Waals surface area contributed by atoms with Crippen LogP contribution in [-0.2, 0) is 9.53 Å². The number of rotatable bonds is 5. The van der Waals surface area contributed by atoms with E-state index in [2.05, 4.69) is 65.0 Å². The molecule has 1 amide bonds. The SMILES string of the molecule is C=CC(=O)N1CC2(CC(n3nc(N4CCN(C5CCOCC5)CC4(C)C)c(-c4c(Cl)c(C)cc5[nH]ncc45)c3C)C2)C1. The van der Waals surface area contributed by atoms with Crippen molar-refractivity contribution in [2.24, 2.45) is 5.41 Å². The number of ether oxygens (including phenoxy) is 1. The summed E-state index contributed by atoms with van der Waals surface area (Å²) in [6.07, 6.45) is 7.57. The number of anilines is 1. The van der Waals surface area contributed by atoms with Gasteiger partial charge in [0.2, 0.25) is 5.91 Å². The first kappa shape index (κ1) is 27.9. The van der Waals surface area contributed by atoms with Gasteiger partial charge in [-0.15, -0.1) is 0 Å². The van der Waals surface area contributed by atoms with Gasteiger partial charge in [-0.05, 0) is 71.1 Å². The third-order valence-corrected chi connectivity index (χ3v) is 10.8. The van der Waals surface area contributed by atoms with Crippen molar-refractivity contribution >= 4 is 34.2 Å². The van der Waals surface area contributed by atoms with Gasteiger partial charge in [0.25, 0.3) is 0 Å². The highest BCUT2D eigenvalue weighted by Gasteiger charge is 2.54. The maximum absolute atomic E-state index is 12.1. The molecule has 1 N–H and O–H groups in total. The molecule has 1 aromatic carbocycles. The molecular weight excluding hydrogens is 550 g/mol. The van der Waals surface area contributed by atoms with Crippen LogP contribution in [-0.4, -0.2) is 93.2 Å². The van der Waals surface area contributed by atoms with Crippen molar-refractivity contribution in [3.8, 4) is 11.1 Å². The number of likely N-dealkylation sites (tertiary alicyclic amines) is 1. The fourth-order valence-electron chi connectivity index (χ4n) is 8.15. The van der Waals surface area contributed by atoms with Crippen LogP contribution in [0.2, 0.25) is 5.02 Å². The normalized spacial score (nSPS) is 22.9. The van der Waals surface area contributed by atoms with Crippen LogP contribution in [0.5, 0.6) is 0 Å². The summed E-state index contributed by atoms with van der Waals surface area (Å²) in [6, 6.07) is 2.96. The Morgan fingerprint density at radius 1 is 1.12 bits per heavy atom. The molecule has 42 heavy (non-hydrogen) atoms. The molecule has 0 unspecified atom stereocenters. The zero-order valence-electron chi connectivity index (χ0n) is 25.2. The molecule has 0 radical (unpaired) electrons. The molecule has 3 aromatic rings. The second-order valence-corrected chi connectivity index (χ2v) is 14.1. The van der Waals surface area contributed by atoms with E-state index in [4.69, 9.17) is 21.4 Å². The summed E-state index contributed by atoms with van der Waals surface area (Å²) >= 11 is 7.15. The summed E-state index contributed by atoms with van der Waals surface area (Å²) in [7, 11) is 0. The molecule has 3 aliphatic heterocycles. The van der Waals surface area contributed by atoms with Crippen LogP contribution in [0.3, 0.4) is 0 Å². The van der Waals surface area contributed by atoms with E-state index in [1.54, 1.807) is 0 Å². The van der Waals surface area contributed by atoms with Crippen LogP contribution in [0.1, 0.15) is 56.8 Å². The summed E-state index contributed by atoms with van der Waals surface area (Å²) in [6.45, 7) is 18.8. The molecule has 10 heteroatoms. The summed E-state index contributed by atoms with van der Waals surface area (Å²) in [5, 5.41) is 14.8. The number of hydrogen-bond donors (Lipinski definition) is 1. The highest BCUT2D eigenvalue weighted by molar-refractivity contribution is 6.36. The first-order valence-corrected chi connectivity index (χ1v) is 15.7. The summed E-state index contributed by atoms with van der Waals surface area (Å²) < 4.78 is 7.92. The van der Waals surface area contributed by atoms with Gasteiger partial charge in [-0.2, -0.15) is 10.2 Å². The number of benzene rings is 1. The van der Waals surface area contributed by atoms with Crippen molar-refractivity contribution in [3.05, 3.63) is 41.2 Å². The number of nitrogens with zero attached hydrogens (tertiary/aromatic N) is 6. The van der Waals surface area contributed by atoms with Crippen LogP contribution >= 0.6 is 11.6 Å². The van der Waals surface area contributed by atoms with Gasteiger partial charge in [0.1, 0.15) is 0 Å². The van der Waals surface area contributed by atoms with Gasteiger partial charge in [-0.1, -0.05) is 18.2 Å². The predicted octanol–water partition coefficient (Wildman–Crippen LogP) is 5.13. The summed E-state index contributed by atoms with van der Waals surface area (Å²) in [5.74, 6) is 1.04. The lowest BCUT2D eigenvalue weighted by atomic mass is 9.60. The minimum atomic E-state index is -0.122. The van der Waals surface area contributed by atoms with E-state index < -0.39 is 0 Å². The van der Waals surface area contributed by atoms with Gasteiger partial charge in [0, 0.05) is 85.1 Å². The molecule has 5 heterocycles. The minimum absolute atomic E-state index is 0.0317. The van der Waals surface area contributed by atoms with E-state index in [9.17, 15) is 4.79 Å². The molecule has 1 spiro atoms. The van der Waals surface area contributed by atoms with E-state index in [1.165, 1.54) is 6.08 Å². The molecule has 1 aliphatic carbocycles. The van der Waals surface area contributed by atoms with Gasteiger partial charge in [-0.3, -0.25) is 19.5 Å². The largest absolute Gasteiger partial charge is 0.381 e. The number of aromatic amines is 1. The number of aryl methyl sites for hydroxylation is 1. The lowest BCUT2D eigenvalue weighted by Gasteiger charge is -2.58.